The molecule has 2 aliphatic heterocycles. The molecule has 10 nitrogen and oxygen atoms in total. The molecule has 2 aliphatic rings. The molecule has 0 saturated carbocycles. The van der Waals surface area contributed by atoms with E-state index in [-0.39, 0.29) is 42.7 Å². The third kappa shape index (κ3) is 5.92. The van der Waals surface area contributed by atoms with E-state index >= 15 is 0 Å². The fraction of sp³-hybridized carbons (Fsp3) is 0.214. The molecule has 4 N–H and O–H groups in total. The van der Waals surface area contributed by atoms with Gasteiger partial charge in [0.1, 0.15) is 6.04 Å². The Kier molecular flexibility index (Phi) is 7.50. The van der Waals surface area contributed by atoms with Gasteiger partial charge in [-0.1, -0.05) is 17.7 Å². The van der Waals surface area contributed by atoms with Gasteiger partial charge < -0.3 is 20.1 Å². The van der Waals surface area contributed by atoms with Crippen molar-refractivity contribution in [2.45, 2.75) is 24.5 Å². The van der Waals surface area contributed by atoms with Crippen molar-refractivity contribution in [2.24, 2.45) is 0 Å². The Balaban J connectivity index is 1.40. The van der Waals surface area contributed by atoms with E-state index in [4.69, 9.17) is 21.4 Å². The number of halogens is 3. The summed E-state index contributed by atoms with van der Waals surface area (Å²) in [6, 6.07) is 12.4. The third-order valence-electron chi connectivity index (χ3n) is 6.97. The number of amides is 4. The molecule has 0 aliphatic carbocycles. The van der Waals surface area contributed by atoms with Crippen molar-refractivity contribution in [1.29, 1.82) is 0 Å². The van der Waals surface area contributed by atoms with Crippen LogP contribution in [0.15, 0.2) is 60.7 Å². The molecular weight excluding hydrogens is 562 g/mol. The fourth-order valence-electron chi connectivity index (χ4n) is 5.04. The number of carboxylic acid groups (broad SMARTS) is 1. The van der Waals surface area contributed by atoms with Crippen LogP contribution in [0.25, 0.3) is 0 Å². The third-order valence-corrected chi connectivity index (χ3v) is 7.20. The van der Waals surface area contributed by atoms with Crippen LogP contribution < -0.4 is 16.0 Å². The second-order valence-electron chi connectivity index (χ2n) is 9.69. The molecule has 212 valence electrons. The van der Waals surface area contributed by atoms with Crippen LogP contribution in [0.1, 0.15) is 27.9 Å². The molecule has 1 fully saturated rings. The quantitative estimate of drug-likeness (QED) is 0.330. The SMILES string of the molecule is O=C(O)Nc1ccc(C(=O)N[C@@H](Cc2ccc(F)c(F)c2)C(=O)N2CCC3(C2)OC(=O)Nc2ccc(Cl)cc23)cc1. The van der Waals surface area contributed by atoms with Crippen molar-refractivity contribution in [2.75, 3.05) is 23.7 Å². The van der Waals surface area contributed by atoms with Crippen LogP contribution in [0.4, 0.5) is 29.7 Å². The molecule has 5 rings (SSSR count). The number of ether oxygens (including phenoxy) is 1. The Hall–Kier alpha value is -4.71. The number of carbonyl (C=O) groups excluding carboxylic acids is 3. The predicted octanol–water partition coefficient (Wildman–Crippen LogP) is 4.74. The van der Waals surface area contributed by atoms with E-state index < -0.39 is 47.3 Å². The zero-order valence-electron chi connectivity index (χ0n) is 21.2. The smallest absolute Gasteiger partial charge is 0.412 e. The first kappa shape index (κ1) is 27.8. The van der Waals surface area contributed by atoms with Crippen LogP contribution in [0.2, 0.25) is 5.02 Å². The summed E-state index contributed by atoms with van der Waals surface area (Å²) in [5.74, 6) is -3.33. The zero-order valence-corrected chi connectivity index (χ0v) is 22.0. The van der Waals surface area contributed by atoms with Crippen LogP contribution in [0, 0.1) is 11.6 Å². The van der Waals surface area contributed by atoms with Crippen molar-refractivity contribution in [3.8, 4) is 0 Å². The summed E-state index contributed by atoms with van der Waals surface area (Å²) in [6.07, 6.45) is -1.84. The lowest BCUT2D eigenvalue weighted by Gasteiger charge is -2.35. The second-order valence-corrected chi connectivity index (χ2v) is 10.1. The van der Waals surface area contributed by atoms with Gasteiger partial charge in [0.15, 0.2) is 17.2 Å². The van der Waals surface area contributed by atoms with Crippen LogP contribution in [-0.2, 0) is 21.6 Å². The van der Waals surface area contributed by atoms with Gasteiger partial charge >= 0.3 is 12.2 Å². The van der Waals surface area contributed by atoms with Gasteiger partial charge in [-0.2, -0.15) is 0 Å². The second kappa shape index (κ2) is 11.0. The molecule has 2 heterocycles. The number of benzene rings is 3. The first-order valence-corrected chi connectivity index (χ1v) is 12.8. The van der Waals surface area contributed by atoms with E-state index in [1.165, 1.54) is 35.2 Å². The number of likely N-dealkylation sites (tertiary alicyclic amines) is 1. The zero-order chi connectivity index (χ0) is 29.3. The number of rotatable bonds is 6. The number of carbonyl (C=O) groups is 4. The lowest BCUT2D eigenvalue weighted by atomic mass is 9.90. The van der Waals surface area contributed by atoms with Gasteiger partial charge in [0.05, 0.1) is 12.2 Å². The van der Waals surface area contributed by atoms with E-state index in [0.717, 1.165) is 12.1 Å². The largest absolute Gasteiger partial charge is 0.465 e. The predicted molar refractivity (Wildman–Crippen MR) is 144 cm³/mol. The molecule has 0 radical (unpaired) electrons. The number of hydrogen-bond acceptors (Lipinski definition) is 5. The van der Waals surface area contributed by atoms with Crippen molar-refractivity contribution in [1.82, 2.24) is 10.2 Å². The van der Waals surface area contributed by atoms with E-state index in [9.17, 15) is 28.0 Å². The molecule has 0 aromatic heterocycles. The van der Waals surface area contributed by atoms with Crippen LogP contribution in [-0.4, -0.2) is 53.1 Å². The molecule has 3 aromatic rings. The Morgan fingerprint density at radius 1 is 1.07 bits per heavy atom. The Bertz CT molecular complexity index is 1550. The first-order valence-electron chi connectivity index (χ1n) is 12.5. The molecule has 4 amide bonds. The van der Waals surface area contributed by atoms with Gasteiger partial charge in [-0.05, 0) is 60.2 Å². The minimum absolute atomic E-state index is 0.0215. The maximum absolute atomic E-state index is 14.0. The lowest BCUT2D eigenvalue weighted by molar-refractivity contribution is -0.133. The summed E-state index contributed by atoms with van der Waals surface area (Å²) >= 11 is 6.20. The fourth-order valence-corrected chi connectivity index (χ4v) is 5.21. The van der Waals surface area contributed by atoms with Crippen LogP contribution in [0.5, 0.6) is 0 Å². The molecule has 0 bridgehead atoms. The average Bonchev–Trinajstić information content (AvgIpc) is 3.34. The number of fused-ring (bicyclic) bond motifs is 2. The number of nitrogens with one attached hydrogen (secondary N) is 3. The average molecular weight is 585 g/mol. The van der Waals surface area contributed by atoms with Crippen molar-refractivity contribution in [3.63, 3.8) is 0 Å². The topological polar surface area (TPSA) is 137 Å². The van der Waals surface area contributed by atoms with E-state index in [2.05, 4.69) is 16.0 Å². The van der Waals surface area contributed by atoms with Gasteiger partial charge in [-0.15, -0.1) is 0 Å². The summed E-state index contributed by atoms with van der Waals surface area (Å²) in [5.41, 5.74) is 0.592. The van der Waals surface area contributed by atoms with E-state index in [1.807, 2.05) is 0 Å². The highest BCUT2D eigenvalue weighted by atomic mass is 35.5. The number of nitrogens with zero attached hydrogens (tertiary/aromatic N) is 1. The highest BCUT2D eigenvalue weighted by Crippen LogP contribution is 2.43. The standard InChI is InChI=1S/C28H23ClF2N4O6/c29-17-4-8-22-19(13-17)28(41-27(40)34-22)9-10-35(14-28)25(37)23(12-15-1-7-20(30)21(31)11-15)33-24(36)16-2-5-18(6-3-16)32-26(38)39/h1-8,11,13,23,32H,9-10,12,14H2,(H,33,36)(H,34,40)(H,38,39)/t23-,28?/m0/s1. The Morgan fingerprint density at radius 3 is 2.54 bits per heavy atom. The highest BCUT2D eigenvalue weighted by molar-refractivity contribution is 6.30. The molecule has 1 saturated heterocycles. The van der Waals surface area contributed by atoms with Gasteiger partial charge in [-0.3, -0.25) is 20.2 Å². The summed E-state index contributed by atoms with van der Waals surface area (Å²) in [5, 5.41) is 16.7. The monoisotopic (exact) mass is 584 g/mol. The van der Waals surface area contributed by atoms with Gasteiger partial charge in [0.2, 0.25) is 5.91 Å². The van der Waals surface area contributed by atoms with Gasteiger partial charge in [-0.25, -0.2) is 18.4 Å². The summed E-state index contributed by atoms with van der Waals surface area (Å²) in [6.45, 7) is 0.157. The molecule has 1 spiro atoms. The summed E-state index contributed by atoms with van der Waals surface area (Å²) in [7, 11) is 0. The molecule has 41 heavy (non-hydrogen) atoms. The maximum atomic E-state index is 14.0. The van der Waals surface area contributed by atoms with Gasteiger partial charge in [0.25, 0.3) is 5.91 Å². The van der Waals surface area contributed by atoms with E-state index in [0.29, 0.717) is 16.3 Å². The minimum Gasteiger partial charge on any atom is -0.465 e. The molecule has 1 unspecified atom stereocenters. The van der Waals surface area contributed by atoms with Crippen LogP contribution >= 0.6 is 11.6 Å². The molecule has 13 heteroatoms. The summed E-state index contributed by atoms with van der Waals surface area (Å²) in [4.78, 5) is 51.6. The normalized spacial score (nSPS) is 18.2. The van der Waals surface area contributed by atoms with Crippen molar-refractivity contribution >= 4 is 47.0 Å². The molecule has 3 aromatic carbocycles. The number of hydrogen-bond donors (Lipinski definition) is 4. The molecular formula is C28H23ClF2N4O6. The Morgan fingerprint density at radius 2 is 1.83 bits per heavy atom. The van der Waals surface area contributed by atoms with E-state index in [1.54, 1.807) is 18.2 Å². The van der Waals surface area contributed by atoms with Crippen molar-refractivity contribution < 1.29 is 37.8 Å². The molecule has 2 atom stereocenters. The lowest BCUT2D eigenvalue weighted by Crippen LogP contribution is -2.50. The summed E-state index contributed by atoms with van der Waals surface area (Å²) < 4.78 is 33.2. The van der Waals surface area contributed by atoms with Gasteiger partial charge in [0, 0.05) is 41.2 Å². The van der Waals surface area contributed by atoms with Crippen LogP contribution in [0.3, 0.4) is 0 Å². The highest BCUT2D eigenvalue weighted by Gasteiger charge is 2.49. The van der Waals surface area contributed by atoms with Crippen molar-refractivity contribution in [3.05, 3.63) is 94.0 Å². The first-order chi connectivity index (χ1) is 19.5. The number of anilines is 2. The minimum atomic E-state index is -1.27. The Labute approximate surface area is 237 Å². The maximum Gasteiger partial charge on any atom is 0.412 e.